The summed E-state index contributed by atoms with van der Waals surface area (Å²) in [5, 5.41) is 6.65. The number of aliphatic imine (C=N–C) groups is 1. The van der Waals surface area contributed by atoms with Gasteiger partial charge in [-0.25, -0.2) is 4.99 Å². The number of hydrogen-bond donors (Lipinski definition) is 2. The number of piperidine rings is 1. The van der Waals surface area contributed by atoms with Crippen LogP contribution in [0, 0.1) is 11.8 Å². The number of halogens is 3. The second-order valence-corrected chi connectivity index (χ2v) is 7.76. The second kappa shape index (κ2) is 12.6. The predicted molar refractivity (Wildman–Crippen MR) is 118 cm³/mol. The van der Waals surface area contributed by atoms with Crippen LogP contribution in [-0.2, 0) is 10.9 Å². The van der Waals surface area contributed by atoms with Crippen LogP contribution in [0.1, 0.15) is 44.7 Å². The summed E-state index contributed by atoms with van der Waals surface area (Å²) < 4.78 is 44.0. The Bertz CT molecular complexity index is 760. The molecule has 1 aromatic carbocycles. The highest BCUT2D eigenvalue weighted by Gasteiger charge is 2.30. The maximum Gasteiger partial charge on any atom is 0.416 e. The molecule has 5 nitrogen and oxygen atoms in total. The first-order valence-electron chi connectivity index (χ1n) is 10.8. The van der Waals surface area contributed by atoms with Crippen LogP contribution in [0.4, 0.5) is 13.2 Å². The van der Waals surface area contributed by atoms with Crippen LogP contribution in [0.3, 0.4) is 0 Å². The Hall–Kier alpha value is -2.24. The Morgan fingerprint density at radius 1 is 1.29 bits per heavy atom. The van der Waals surface area contributed by atoms with Gasteiger partial charge < -0.3 is 20.3 Å². The number of nitrogens with one attached hydrogen (secondary N) is 2. The predicted octanol–water partition coefficient (Wildman–Crippen LogP) is 3.50. The van der Waals surface area contributed by atoms with E-state index in [1.54, 1.807) is 6.07 Å². The van der Waals surface area contributed by atoms with E-state index in [1.165, 1.54) is 6.07 Å². The van der Waals surface area contributed by atoms with E-state index in [0.29, 0.717) is 17.6 Å². The van der Waals surface area contributed by atoms with Crippen molar-refractivity contribution in [1.29, 1.82) is 0 Å². The number of hydrogen-bond acceptors (Lipinski definition) is 3. The molecule has 1 heterocycles. The van der Waals surface area contributed by atoms with Gasteiger partial charge in [-0.2, -0.15) is 13.2 Å². The van der Waals surface area contributed by atoms with E-state index in [2.05, 4.69) is 32.4 Å². The van der Waals surface area contributed by atoms with Gasteiger partial charge in [0, 0.05) is 37.8 Å². The van der Waals surface area contributed by atoms with Crippen LogP contribution in [0.25, 0.3) is 0 Å². The molecule has 2 N–H and O–H groups in total. The molecule has 31 heavy (non-hydrogen) atoms. The summed E-state index contributed by atoms with van der Waals surface area (Å²) in [4.78, 5) is 6.85. The van der Waals surface area contributed by atoms with Crippen LogP contribution < -0.4 is 10.6 Å². The van der Waals surface area contributed by atoms with Gasteiger partial charge in [0.1, 0.15) is 6.54 Å². The molecule has 0 spiro atoms. The summed E-state index contributed by atoms with van der Waals surface area (Å²) in [7, 11) is 0. The van der Waals surface area contributed by atoms with Gasteiger partial charge in [0.2, 0.25) is 0 Å². The van der Waals surface area contributed by atoms with Crippen molar-refractivity contribution in [2.24, 2.45) is 4.99 Å². The minimum absolute atomic E-state index is 0.205. The van der Waals surface area contributed by atoms with Gasteiger partial charge in [0.15, 0.2) is 5.96 Å². The summed E-state index contributed by atoms with van der Waals surface area (Å²) in [6.45, 7) is 10.7. The molecule has 1 aliphatic heterocycles. The number of alkyl halides is 3. The monoisotopic (exact) mass is 438 g/mol. The smallest absolute Gasteiger partial charge is 0.377 e. The molecule has 0 atom stereocenters. The molecule has 2 rings (SSSR count). The van der Waals surface area contributed by atoms with Crippen molar-refractivity contribution >= 4 is 5.96 Å². The van der Waals surface area contributed by atoms with Crippen LogP contribution in [0.15, 0.2) is 29.3 Å². The van der Waals surface area contributed by atoms with Gasteiger partial charge in [0.05, 0.1) is 18.3 Å². The van der Waals surface area contributed by atoms with Crippen molar-refractivity contribution in [1.82, 2.24) is 15.5 Å². The van der Waals surface area contributed by atoms with E-state index in [1.807, 2.05) is 20.8 Å². The molecule has 1 fully saturated rings. The van der Waals surface area contributed by atoms with E-state index < -0.39 is 11.7 Å². The molecule has 0 unspecified atom stereocenters. The summed E-state index contributed by atoms with van der Waals surface area (Å²) in [6, 6.07) is 5.36. The van der Waals surface area contributed by atoms with Gasteiger partial charge in [0.25, 0.3) is 0 Å². The summed E-state index contributed by atoms with van der Waals surface area (Å²) in [5.41, 5.74) is -0.364. The zero-order valence-electron chi connectivity index (χ0n) is 18.6. The lowest BCUT2D eigenvalue weighted by molar-refractivity contribution is -0.137. The molecule has 0 amide bonds. The van der Waals surface area contributed by atoms with Gasteiger partial charge in [-0.1, -0.05) is 17.9 Å². The quantitative estimate of drug-likeness (QED) is 0.389. The molecule has 8 heteroatoms. The molecule has 0 aromatic heterocycles. The molecule has 0 radical (unpaired) electrons. The second-order valence-electron chi connectivity index (χ2n) is 7.76. The average molecular weight is 439 g/mol. The molecule has 0 bridgehead atoms. The zero-order chi connectivity index (χ0) is 22.7. The largest absolute Gasteiger partial charge is 0.416 e. The van der Waals surface area contributed by atoms with Gasteiger partial charge in [-0.3, -0.25) is 0 Å². The number of guanidine groups is 1. The summed E-state index contributed by atoms with van der Waals surface area (Å²) in [6.07, 6.45) is -2.08. The maximum atomic E-state index is 12.8. The number of likely N-dealkylation sites (tertiary alicyclic amines) is 1. The molecule has 0 saturated carbocycles. The molecule has 0 aliphatic carbocycles. The highest BCUT2D eigenvalue weighted by atomic mass is 19.4. The number of nitrogens with zero attached hydrogens (tertiary/aromatic N) is 2. The Morgan fingerprint density at radius 2 is 2.03 bits per heavy atom. The SMILES string of the molecule is CCNC(=NCC#Cc1cccc(C(F)(F)F)c1)NC1CCN(CCOC(C)C)CC1. The van der Waals surface area contributed by atoms with Crippen LogP contribution >= 0.6 is 0 Å². The third-order valence-corrected chi connectivity index (χ3v) is 4.87. The first-order valence-corrected chi connectivity index (χ1v) is 10.8. The van der Waals surface area contributed by atoms with Crippen LogP contribution in [0.5, 0.6) is 0 Å². The lowest BCUT2D eigenvalue weighted by Crippen LogP contribution is -2.49. The maximum absolute atomic E-state index is 12.8. The van der Waals surface area contributed by atoms with E-state index >= 15 is 0 Å². The molecular formula is C23H33F3N4O. The highest BCUT2D eigenvalue weighted by molar-refractivity contribution is 5.80. The first-order chi connectivity index (χ1) is 14.8. The highest BCUT2D eigenvalue weighted by Crippen LogP contribution is 2.29. The minimum atomic E-state index is -4.37. The number of ether oxygens (including phenoxy) is 1. The zero-order valence-corrected chi connectivity index (χ0v) is 18.6. The van der Waals surface area contributed by atoms with E-state index in [-0.39, 0.29) is 12.6 Å². The molecule has 172 valence electrons. The van der Waals surface area contributed by atoms with E-state index in [9.17, 15) is 13.2 Å². The van der Waals surface area contributed by atoms with Crippen molar-refractivity contribution in [3.8, 4) is 11.8 Å². The fourth-order valence-electron chi connectivity index (χ4n) is 3.27. The third-order valence-electron chi connectivity index (χ3n) is 4.87. The van der Waals surface area contributed by atoms with Crippen molar-refractivity contribution in [3.05, 3.63) is 35.4 Å². The fraction of sp³-hybridized carbons (Fsp3) is 0.609. The Labute approximate surface area is 183 Å². The first kappa shape index (κ1) is 25.0. The number of benzene rings is 1. The van der Waals surface area contributed by atoms with Crippen LogP contribution in [0.2, 0.25) is 0 Å². The Morgan fingerprint density at radius 3 is 2.68 bits per heavy atom. The van der Waals surface area contributed by atoms with Gasteiger partial charge >= 0.3 is 6.18 Å². The molecular weight excluding hydrogens is 405 g/mol. The van der Waals surface area contributed by atoms with E-state index in [0.717, 1.165) is 57.8 Å². The minimum Gasteiger partial charge on any atom is -0.377 e. The van der Waals surface area contributed by atoms with Crippen molar-refractivity contribution in [2.75, 3.05) is 39.3 Å². The Balaban J connectivity index is 1.83. The lowest BCUT2D eigenvalue weighted by atomic mass is 10.1. The van der Waals surface area contributed by atoms with Crippen molar-refractivity contribution in [2.45, 2.75) is 51.9 Å². The van der Waals surface area contributed by atoms with Crippen molar-refractivity contribution in [3.63, 3.8) is 0 Å². The third kappa shape index (κ3) is 9.62. The lowest BCUT2D eigenvalue weighted by Gasteiger charge is -2.33. The topological polar surface area (TPSA) is 48.9 Å². The molecule has 1 aliphatic rings. The summed E-state index contributed by atoms with van der Waals surface area (Å²) in [5.74, 6) is 6.28. The fourth-order valence-corrected chi connectivity index (χ4v) is 3.27. The Kier molecular flexibility index (Phi) is 10.2. The standard InChI is InChI=1S/C23H33F3N4O/c1-4-27-22(29-21-10-13-30(14-11-21)15-16-31-18(2)3)28-12-6-8-19-7-5-9-20(17-19)23(24,25)26/h5,7,9,17-18,21H,4,10-16H2,1-3H3,(H2,27,28,29). The molecule has 1 aromatic rings. The van der Waals surface area contributed by atoms with Crippen LogP contribution in [-0.4, -0.2) is 62.3 Å². The normalized spacial score (nSPS) is 16.2. The van der Waals surface area contributed by atoms with E-state index in [4.69, 9.17) is 4.74 Å². The number of rotatable bonds is 7. The summed E-state index contributed by atoms with van der Waals surface area (Å²) >= 11 is 0. The average Bonchev–Trinajstić information content (AvgIpc) is 2.72. The van der Waals surface area contributed by atoms with Crippen molar-refractivity contribution < 1.29 is 17.9 Å². The van der Waals surface area contributed by atoms with Gasteiger partial charge in [-0.05, 0) is 51.8 Å². The van der Waals surface area contributed by atoms with Gasteiger partial charge in [-0.15, -0.1) is 0 Å². The molecule has 1 saturated heterocycles.